The van der Waals surface area contributed by atoms with Gasteiger partial charge >= 0.3 is 0 Å². The molecular weight excluding hydrogens is 380 g/mol. The van der Waals surface area contributed by atoms with Gasteiger partial charge in [0.25, 0.3) is 5.91 Å². The van der Waals surface area contributed by atoms with Gasteiger partial charge in [-0.1, -0.05) is 11.6 Å². The maximum atomic E-state index is 12.5. The topological polar surface area (TPSA) is 67.9 Å². The lowest BCUT2D eigenvalue weighted by Crippen LogP contribution is -2.38. The largest absolute Gasteiger partial charge is 0.493 e. The van der Waals surface area contributed by atoms with Crippen LogP contribution in [-0.2, 0) is 17.8 Å². The van der Waals surface area contributed by atoms with Crippen molar-refractivity contribution in [1.29, 1.82) is 0 Å². The van der Waals surface area contributed by atoms with Crippen LogP contribution in [0.2, 0.25) is 5.02 Å². The summed E-state index contributed by atoms with van der Waals surface area (Å²) < 4.78 is 10.7. The van der Waals surface area contributed by atoms with Crippen molar-refractivity contribution in [2.75, 3.05) is 27.3 Å². The second-order valence-electron chi connectivity index (χ2n) is 6.55. The molecule has 0 saturated heterocycles. The predicted molar refractivity (Wildman–Crippen MR) is 107 cm³/mol. The third kappa shape index (κ3) is 4.57. The highest BCUT2D eigenvalue weighted by Crippen LogP contribution is 2.33. The first kappa shape index (κ1) is 20.0. The summed E-state index contributed by atoms with van der Waals surface area (Å²) in [5.74, 6) is 1.15. The van der Waals surface area contributed by atoms with E-state index < -0.39 is 0 Å². The molecule has 1 aliphatic rings. The fourth-order valence-electron chi connectivity index (χ4n) is 3.24. The van der Waals surface area contributed by atoms with Crippen LogP contribution in [0.3, 0.4) is 0 Å². The molecule has 0 aliphatic carbocycles. The Kier molecular flexibility index (Phi) is 6.41. The third-order valence-corrected chi connectivity index (χ3v) is 5.05. The number of nitrogens with one attached hydrogen (secondary N) is 1. The lowest BCUT2D eigenvalue weighted by atomic mass is 9.98. The van der Waals surface area contributed by atoms with Gasteiger partial charge in [0.05, 0.1) is 14.2 Å². The van der Waals surface area contributed by atoms with Gasteiger partial charge in [0.1, 0.15) is 0 Å². The molecule has 3 rings (SSSR count). The lowest BCUT2D eigenvalue weighted by Gasteiger charge is -2.29. The Bertz CT molecular complexity index is 867. The summed E-state index contributed by atoms with van der Waals surface area (Å²) in [6.45, 7) is 1.46. The summed E-state index contributed by atoms with van der Waals surface area (Å²) in [5.41, 5.74) is 2.74. The number of carbonyl (C=O) groups excluding carboxylic acids is 2. The minimum Gasteiger partial charge on any atom is -0.493 e. The van der Waals surface area contributed by atoms with E-state index in [-0.39, 0.29) is 24.8 Å². The van der Waals surface area contributed by atoms with Crippen LogP contribution >= 0.6 is 11.6 Å². The van der Waals surface area contributed by atoms with Crippen LogP contribution in [0.1, 0.15) is 27.9 Å². The molecule has 0 saturated carbocycles. The number of amides is 2. The summed E-state index contributed by atoms with van der Waals surface area (Å²) >= 11 is 5.82. The molecule has 148 valence electrons. The predicted octanol–water partition coefficient (Wildman–Crippen LogP) is 3.06. The van der Waals surface area contributed by atoms with E-state index in [4.69, 9.17) is 21.1 Å². The monoisotopic (exact) mass is 402 g/mol. The second-order valence-corrected chi connectivity index (χ2v) is 6.99. The molecule has 0 aromatic heterocycles. The fourth-order valence-corrected chi connectivity index (χ4v) is 3.37. The van der Waals surface area contributed by atoms with Crippen LogP contribution in [0.25, 0.3) is 0 Å². The highest BCUT2D eigenvalue weighted by molar-refractivity contribution is 6.30. The van der Waals surface area contributed by atoms with Crippen LogP contribution < -0.4 is 14.8 Å². The van der Waals surface area contributed by atoms with Gasteiger partial charge in [-0.3, -0.25) is 9.59 Å². The molecule has 7 heteroatoms. The standard InChI is InChI=1S/C21H23ClN2O4/c1-27-18-11-15-8-10-24(13-16(15)12-19(18)28-2)20(25)7-9-23-21(26)14-3-5-17(22)6-4-14/h3-6,11-12H,7-10,13H2,1-2H3,(H,23,26). The summed E-state index contributed by atoms with van der Waals surface area (Å²) in [6.07, 6.45) is 1.01. The maximum absolute atomic E-state index is 12.5. The Hall–Kier alpha value is -2.73. The summed E-state index contributed by atoms with van der Waals surface area (Å²) in [7, 11) is 3.21. The number of rotatable bonds is 6. The van der Waals surface area contributed by atoms with Crippen molar-refractivity contribution in [3.63, 3.8) is 0 Å². The summed E-state index contributed by atoms with van der Waals surface area (Å²) in [6, 6.07) is 10.5. The summed E-state index contributed by atoms with van der Waals surface area (Å²) in [5, 5.41) is 3.35. The normalized spacial score (nSPS) is 12.9. The van der Waals surface area contributed by atoms with E-state index in [1.54, 1.807) is 38.5 Å². The van der Waals surface area contributed by atoms with Gasteiger partial charge in [0.15, 0.2) is 11.5 Å². The van der Waals surface area contributed by atoms with Crippen molar-refractivity contribution in [1.82, 2.24) is 10.2 Å². The van der Waals surface area contributed by atoms with Crippen LogP contribution in [0.5, 0.6) is 11.5 Å². The van der Waals surface area contributed by atoms with E-state index in [9.17, 15) is 9.59 Å². The number of methoxy groups -OCH3 is 2. The first-order valence-corrected chi connectivity index (χ1v) is 9.45. The van der Waals surface area contributed by atoms with Crippen molar-refractivity contribution in [3.8, 4) is 11.5 Å². The Morgan fingerprint density at radius 1 is 1.07 bits per heavy atom. The molecule has 6 nitrogen and oxygen atoms in total. The zero-order valence-electron chi connectivity index (χ0n) is 16.0. The lowest BCUT2D eigenvalue weighted by molar-refractivity contribution is -0.131. The first-order chi connectivity index (χ1) is 13.5. The van der Waals surface area contributed by atoms with Crippen molar-refractivity contribution in [3.05, 3.63) is 58.1 Å². The molecule has 1 heterocycles. The smallest absolute Gasteiger partial charge is 0.251 e. The van der Waals surface area contributed by atoms with Crippen molar-refractivity contribution in [2.45, 2.75) is 19.4 Å². The Morgan fingerprint density at radius 2 is 1.71 bits per heavy atom. The van der Waals surface area contributed by atoms with Crippen LogP contribution in [0.15, 0.2) is 36.4 Å². The molecule has 0 bridgehead atoms. The van der Waals surface area contributed by atoms with Gasteiger partial charge in [-0.15, -0.1) is 0 Å². The van der Waals surface area contributed by atoms with Gasteiger partial charge < -0.3 is 19.7 Å². The van der Waals surface area contributed by atoms with Gasteiger partial charge in [0, 0.05) is 36.6 Å². The highest BCUT2D eigenvalue weighted by Gasteiger charge is 2.22. The Morgan fingerprint density at radius 3 is 2.36 bits per heavy atom. The fraction of sp³-hybridized carbons (Fsp3) is 0.333. The number of ether oxygens (including phenoxy) is 2. The zero-order chi connectivity index (χ0) is 20.1. The highest BCUT2D eigenvalue weighted by atomic mass is 35.5. The molecule has 28 heavy (non-hydrogen) atoms. The van der Waals surface area contributed by atoms with Crippen LogP contribution in [-0.4, -0.2) is 44.0 Å². The van der Waals surface area contributed by atoms with E-state index in [1.807, 2.05) is 17.0 Å². The van der Waals surface area contributed by atoms with Crippen LogP contribution in [0.4, 0.5) is 0 Å². The molecular formula is C21H23ClN2O4. The Balaban J connectivity index is 1.54. The van der Waals surface area contributed by atoms with Crippen molar-refractivity contribution in [2.24, 2.45) is 0 Å². The average Bonchev–Trinajstić information content (AvgIpc) is 2.72. The van der Waals surface area contributed by atoms with Crippen LogP contribution in [0, 0.1) is 0 Å². The molecule has 0 unspecified atom stereocenters. The number of carbonyl (C=O) groups is 2. The molecule has 0 spiro atoms. The van der Waals surface area contributed by atoms with Gasteiger partial charge in [-0.25, -0.2) is 0 Å². The van der Waals surface area contributed by atoms with Crippen molar-refractivity contribution < 1.29 is 19.1 Å². The zero-order valence-corrected chi connectivity index (χ0v) is 16.7. The molecule has 2 amide bonds. The molecule has 2 aromatic rings. The number of nitrogens with zero attached hydrogens (tertiary/aromatic N) is 1. The minimum atomic E-state index is -0.217. The van der Waals surface area contributed by atoms with E-state index in [0.29, 0.717) is 35.2 Å². The quantitative estimate of drug-likeness (QED) is 0.806. The Labute approximate surface area is 169 Å². The number of benzene rings is 2. The maximum Gasteiger partial charge on any atom is 0.251 e. The SMILES string of the molecule is COc1cc2c(cc1OC)CN(C(=O)CCNC(=O)c1ccc(Cl)cc1)CC2. The van der Waals surface area contributed by atoms with E-state index in [2.05, 4.69) is 5.32 Å². The van der Waals surface area contributed by atoms with Gasteiger partial charge in [-0.2, -0.15) is 0 Å². The molecule has 2 aromatic carbocycles. The third-order valence-electron chi connectivity index (χ3n) is 4.80. The molecule has 0 fully saturated rings. The van der Waals surface area contributed by atoms with Gasteiger partial charge in [-0.05, 0) is 53.9 Å². The minimum absolute atomic E-state index is 0.0110. The average molecular weight is 403 g/mol. The molecule has 0 radical (unpaired) electrons. The van der Waals surface area contributed by atoms with E-state index in [1.165, 1.54) is 0 Å². The second kappa shape index (κ2) is 8.97. The van der Waals surface area contributed by atoms with Crippen molar-refractivity contribution >= 4 is 23.4 Å². The van der Waals surface area contributed by atoms with Gasteiger partial charge in [0.2, 0.25) is 5.91 Å². The molecule has 1 N–H and O–H groups in total. The molecule has 1 aliphatic heterocycles. The number of fused-ring (bicyclic) bond motifs is 1. The number of hydrogen-bond donors (Lipinski definition) is 1. The van der Waals surface area contributed by atoms with E-state index >= 15 is 0 Å². The number of hydrogen-bond acceptors (Lipinski definition) is 4. The summed E-state index contributed by atoms with van der Waals surface area (Å²) in [4.78, 5) is 26.5. The molecule has 0 atom stereocenters. The first-order valence-electron chi connectivity index (χ1n) is 9.07. The number of halogens is 1. The van der Waals surface area contributed by atoms with E-state index in [0.717, 1.165) is 17.5 Å².